The van der Waals surface area contributed by atoms with Crippen molar-refractivity contribution in [2.75, 3.05) is 0 Å². The quantitative estimate of drug-likeness (QED) is 0.824. The van der Waals surface area contributed by atoms with E-state index < -0.39 is 11.5 Å². The molecule has 0 bridgehead atoms. The molecule has 0 radical (unpaired) electrons. The molecule has 0 fully saturated rings. The monoisotopic (exact) mass is 227 g/mol. The molecule has 3 N–H and O–H groups in total. The van der Waals surface area contributed by atoms with Crippen LogP contribution in [0.25, 0.3) is 0 Å². The van der Waals surface area contributed by atoms with E-state index in [-0.39, 0.29) is 6.42 Å². The second-order valence-electron chi connectivity index (χ2n) is 3.54. The molecule has 1 rings (SSSR count). The second-order valence-corrected chi connectivity index (χ2v) is 3.97. The maximum Gasteiger partial charge on any atom is 0.220 e. The average molecular weight is 228 g/mol. The predicted octanol–water partition coefficient (Wildman–Crippen LogP) is 1.81. The summed E-state index contributed by atoms with van der Waals surface area (Å²) < 4.78 is 0. The first-order valence-corrected chi connectivity index (χ1v) is 5.12. The smallest absolute Gasteiger partial charge is 0.220 e. The van der Waals surface area contributed by atoms with Gasteiger partial charge in [-0.15, -0.1) is 0 Å². The van der Waals surface area contributed by atoms with E-state index in [1.54, 1.807) is 31.2 Å². The number of aliphatic hydroxyl groups is 1. The standard InChI is InChI=1S/C11H14ClNO2/c1-2-11(15,7-10(13)14)8-3-5-9(12)6-4-8/h3-6,15H,2,7H2,1H3,(H2,13,14)/t11-/m0/s1. The molecule has 4 heteroatoms. The Labute approximate surface area is 93.9 Å². The van der Waals surface area contributed by atoms with Gasteiger partial charge < -0.3 is 10.8 Å². The minimum atomic E-state index is -1.18. The zero-order valence-electron chi connectivity index (χ0n) is 8.53. The predicted molar refractivity (Wildman–Crippen MR) is 59.5 cm³/mol. The highest BCUT2D eigenvalue weighted by Gasteiger charge is 2.29. The van der Waals surface area contributed by atoms with Crippen LogP contribution < -0.4 is 5.73 Å². The fraction of sp³-hybridized carbons (Fsp3) is 0.364. The summed E-state index contributed by atoms with van der Waals surface area (Å²) in [6, 6.07) is 6.76. The Morgan fingerprint density at radius 1 is 1.47 bits per heavy atom. The molecule has 0 heterocycles. The van der Waals surface area contributed by atoms with Crippen molar-refractivity contribution in [1.29, 1.82) is 0 Å². The highest BCUT2D eigenvalue weighted by atomic mass is 35.5. The van der Waals surface area contributed by atoms with Gasteiger partial charge in [0.2, 0.25) is 5.91 Å². The number of nitrogens with two attached hydrogens (primary N) is 1. The first kappa shape index (κ1) is 12.0. The molecular weight excluding hydrogens is 214 g/mol. The van der Waals surface area contributed by atoms with Crippen LogP contribution >= 0.6 is 11.6 Å². The van der Waals surface area contributed by atoms with Gasteiger partial charge in [0.15, 0.2) is 0 Å². The van der Waals surface area contributed by atoms with Gasteiger partial charge in [0.25, 0.3) is 0 Å². The lowest BCUT2D eigenvalue weighted by atomic mass is 9.88. The Kier molecular flexibility index (Phi) is 3.72. The van der Waals surface area contributed by atoms with E-state index >= 15 is 0 Å². The fourth-order valence-electron chi connectivity index (χ4n) is 1.48. The maximum absolute atomic E-state index is 10.9. The van der Waals surface area contributed by atoms with Crippen LogP contribution in [0.2, 0.25) is 5.02 Å². The molecule has 0 unspecified atom stereocenters. The zero-order chi connectivity index (χ0) is 11.5. The molecule has 1 aromatic carbocycles. The van der Waals surface area contributed by atoms with Crippen LogP contribution in [-0.4, -0.2) is 11.0 Å². The van der Waals surface area contributed by atoms with Gasteiger partial charge in [0, 0.05) is 5.02 Å². The summed E-state index contributed by atoms with van der Waals surface area (Å²) in [7, 11) is 0. The van der Waals surface area contributed by atoms with Gasteiger partial charge in [0.1, 0.15) is 0 Å². The number of rotatable bonds is 4. The van der Waals surface area contributed by atoms with E-state index in [0.29, 0.717) is 17.0 Å². The van der Waals surface area contributed by atoms with E-state index in [4.69, 9.17) is 17.3 Å². The van der Waals surface area contributed by atoms with Crippen molar-refractivity contribution in [2.24, 2.45) is 5.73 Å². The summed E-state index contributed by atoms with van der Waals surface area (Å²) in [5, 5.41) is 10.8. The van der Waals surface area contributed by atoms with E-state index in [1.807, 2.05) is 0 Å². The first-order chi connectivity index (χ1) is 6.98. The number of amides is 1. The SMILES string of the molecule is CC[C@](O)(CC(N)=O)c1ccc(Cl)cc1. The van der Waals surface area contributed by atoms with Crippen LogP contribution in [0.3, 0.4) is 0 Å². The van der Waals surface area contributed by atoms with Crippen LogP contribution in [0, 0.1) is 0 Å². The van der Waals surface area contributed by atoms with E-state index in [0.717, 1.165) is 0 Å². The lowest BCUT2D eigenvalue weighted by molar-refractivity contribution is -0.123. The number of carbonyl (C=O) groups is 1. The molecule has 0 aliphatic carbocycles. The Bertz CT molecular complexity index is 350. The molecule has 0 spiro atoms. The van der Waals surface area contributed by atoms with Crippen LogP contribution in [-0.2, 0) is 10.4 Å². The van der Waals surface area contributed by atoms with E-state index in [2.05, 4.69) is 0 Å². The Hall–Kier alpha value is -1.06. The molecule has 1 amide bonds. The number of benzene rings is 1. The number of hydrogen-bond acceptors (Lipinski definition) is 2. The molecule has 0 aliphatic heterocycles. The molecular formula is C11H14ClNO2. The van der Waals surface area contributed by atoms with Gasteiger partial charge in [-0.25, -0.2) is 0 Å². The number of hydrogen-bond donors (Lipinski definition) is 2. The van der Waals surface area contributed by atoms with Gasteiger partial charge in [-0.2, -0.15) is 0 Å². The van der Waals surface area contributed by atoms with Crippen LogP contribution in [0.5, 0.6) is 0 Å². The van der Waals surface area contributed by atoms with Gasteiger partial charge in [-0.05, 0) is 24.1 Å². The summed E-state index contributed by atoms with van der Waals surface area (Å²) in [4.78, 5) is 10.9. The van der Waals surface area contributed by atoms with Crippen molar-refractivity contribution in [2.45, 2.75) is 25.4 Å². The summed E-state index contributed by atoms with van der Waals surface area (Å²) in [5.41, 5.74) is 4.57. The summed E-state index contributed by atoms with van der Waals surface area (Å²) in [5.74, 6) is -0.519. The van der Waals surface area contributed by atoms with E-state index in [9.17, 15) is 9.90 Å². The molecule has 1 atom stereocenters. The highest BCUT2D eigenvalue weighted by Crippen LogP contribution is 2.29. The third kappa shape index (κ3) is 2.94. The lowest BCUT2D eigenvalue weighted by Gasteiger charge is -2.25. The van der Waals surface area contributed by atoms with Gasteiger partial charge >= 0.3 is 0 Å². The fourth-order valence-corrected chi connectivity index (χ4v) is 1.61. The maximum atomic E-state index is 10.9. The van der Waals surface area contributed by atoms with Gasteiger partial charge in [-0.3, -0.25) is 4.79 Å². The molecule has 0 aromatic heterocycles. The molecule has 82 valence electrons. The Morgan fingerprint density at radius 2 is 2.00 bits per heavy atom. The Morgan fingerprint density at radius 3 is 2.40 bits per heavy atom. The van der Waals surface area contributed by atoms with Crippen molar-refractivity contribution in [3.8, 4) is 0 Å². The molecule has 0 aliphatic rings. The van der Waals surface area contributed by atoms with Crippen LogP contribution in [0.4, 0.5) is 0 Å². The highest BCUT2D eigenvalue weighted by molar-refractivity contribution is 6.30. The molecule has 3 nitrogen and oxygen atoms in total. The zero-order valence-corrected chi connectivity index (χ0v) is 9.29. The van der Waals surface area contributed by atoms with Crippen LogP contribution in [0.1, 0.15) is 25.3 Å². The second kappa shape index (κ2) is 4.64. The third-order valence-corrected chi connectivity index (χ3v) is 2.69. The van der Waals surface area contributed by atoms with Gasteiger partial charge in [0.05, 0.1) is 12.0 Å². The number of primary amides is 1. The van der Waals surface area contributed by atoms with Crippen molar-refractivity contribution >= 4 is 17.5 Å². The lowest BCUT2D eigenvalue weighted by Crippen LogP contribution is -2.31. The number of carbonyl (C=O) groups excluding carboxylic acids is 1. The van der Waals surface area contributed by atoms with Crippen molar-refractivity contribution < 1.29 is 9.90 Å². The van der Waals surface area contributed by atoms with Gasteiger partial charge in [-0.1, -0.05) is 30.7 Å². The average Bonchev–Trinajstić information content (AvgIpc) is 2.17. The molecule has 0 saturated carbocycles. The summed E-state index contributed by atoms with van der Waals surface area (Å²) >= 11 is 5.74. The normalized spacial score (nSPS) is 14.6. The van der Waals surface area contributed by atoms with Crippen molar-refractivity contribution in [1.82, 2.24) is 0 Å². The summed E-state index contributed by atoms with van der Waals surface area (Å²) in [6.07, 6.45) is 0.350. The number of halogens is 1. The minimum Gasteiger partial charge on any atom is -0.385 e. The topological polar surface area (TPSA) is 63.3 Å². The van der Waals surface area contributed by atoms with Crippen molar-refractivity contribution in [3.05, 3.63) is 34.9 Å². The van der Waals surface area contributed by atoms with Crippen LogP contribution in [0.15, 0.2) is 24.3 Å². The molecule has 1 aromatic rings. The van der Waals surface area contributed by atoms with Crippen molar-refractivity contribution in [3.63, 3.8) is 0 Å². The third-order valence-electron chi connectivity index (χ3n) is 2.43. The minimum absolute atomic E-state index is 0.0782. The first-order valence-electron chi connectivity index (χ1n) is 4.74. The molecule has 0 saturated heterocycles. The van der Waals surface area contributed by atoms with E-state index in [1.165, 1.54) is 0 Å². The largest absolute Gasteiger partial charge is 0.385 e. The summed E-state index contributed by atoms with van der Waals surface area (Å²) in [6.45, 7) is 1.80. The Balaban J connectivity index is 3.00. The molecule has 15 heavy (non-hydrogen) atoms.